The highest BCUT2D eigenvalue weighted by molar-refractivity contribution is 6.35. The second kappa shape index (κ2) is 3.70. The lowest BCUT2D eigenvalue weighted by atomic mass is 10.1. The number of nitrogens with zero attached hydrogens (tertiary/aromatic N) is 1. The van der Waals surface area contributed by atoms with Crippen LogP contribution < -0.4 is 5.32 Å². The quantitative estimate of drug-likeness (QED) is 0.795. The minimum absolute atomic E-state index is 0.710. The number of aromatic nitrogens is 1. The van der Waals surface area contributed by atoms with Crippen LogP contribution in [0.25, 0.3) is 10.9 Å². The first-order valence-corrected chi connectivity index (χ1v) is 5.25. The Bertz CT molecular complexity index is 521. The summed E-state index contributed by atoms with van der Waals surface area (Å²) in [4.78, 5) is 4.49. The molecule has 78 valence electrons. The van der Waals surface area contributed by atoms with E-state index in [1.54, 1.807) is 0 Å². The summed E-state index contributed by atoms with van der Waals surface area (Å²) in [6, 6.07) is 6.14. The maximum absolute atomic E-state index is 6.15. The molecule has 1 aromatic heterocycles. The van der Waals surface area contributed by atoms with Gasteiger partial charge in [0.05, 0.1) is 10.5 Å². The molecule has 0 radical (unpaired) electrons. The Kier molecular flexibility index (Phi) is 2.53. The maximum Gasteiger partial charge on any atom is 0.129 e. The van der Waals surface area contributed by atoms with Gasteiger partial charge in [0.25, 0.3) is 0 Å². The third-order valence-corrected chi connectivity index (χ3v) is 2.73. The van der Waals surface area contributed by atoms with Gasteiger partial charge in [0.2, 0.25) is 0 Å². The van der Waals surface area contributed by atoms with Gasteiger partial charge in [-0.25, -0.2) is 4.98 Å². The fourth-order valence-corrected chi connectivity index (χ4v) is 2.07. The maximum atomic E-state index is 6.15. The van der Waals surface area contributed by atoms with Crippen LogP contribution in [0.5, 0.6) is 0 Å². The zero-order chi connectivity index (χ0) is 11.0. The van der Waals surface area contributed by atoms with Gasteiger partial charge >= 0.3 is 0 Å². The van der Waals surface area contributed by atoms with Crippen LogP contribution in [0.15, 0.2) is 18.2 Å². The number of hydrogen-bond donors (Lipinski definition) is 1. The van der Waals surface area contributed by atoms with Crippen LogP contribution >= 0.6 is 11.6 Å². The number of halogens is 1. The third-order valence-electron chi connectivity index (χ3n) is 2.44. The first-order chi connectivity index (χ1) is 7.11. The standard InChI is InChI=1S/C12H13ClN2/c1-7-4-9-6-8(2)12(14-3)15-11(9)10(13)5-7/h4-6H,1-3H3,(H,14,15). The van der Waals surface area contributed by atoms with E-state index >= 15 is 0 Å². The lowest BCUT2D eigenvalue weighted by Gasteiger charge is -2.08. The fourth-order valence-electron chi connectivity index (χ4n) is 1.74. The van der Waals surface area contributed by atoms with Crippen LogP contribution in [0.1, 0.15) is 11.1 Å². The van der Waals surface area contributed by atoms with Gasteiger partial charge in [-0.15, -0.1) is 0 Å². The van der Waals surface area contributed by atoms with Gasteiger partial charge in [-0.3, -0.25) is 0 Å². The van der Waals surface area contributed by atoms with E-state index in [4.69, 9.17) is 11.6 Å². The predicted octanol–water partition coefficient (Wildman–Crippen LogP) is 3.55. The summed E-state index contributed by atoms with van der Waals surface area (Å²) in [7, 11) is 1.86. The first kappa shape index (κ1) is 10.2. The summed E-state index contributed by atoms with van der Waals surface area (Å²) in [5.41, 5.74) is 3.15. The van der Waals surface area contributed by atoms with E-state index in [2.05, 4.69) is 22.4 Å². The molecule has 0 aliphatic rings. The smallest absolute Gasteiger partial charge is 0.129 e. The van der Waals surface area contributed by atoms with Crippen LogP contribution in [-0.2, 0) is 0 Å². The number of anilines is 1. The molecule has 0 aliphatic heterocycles. The lowest BCUT2D eigenvalue weighted by molar-refractivity contribution is 1.28. The van der Waals surface area contributed by atoms with Crippen LogP contribution in [0.4, 0.5) is 5.82 Å². The molecule has 2 aromatic rings. The molecule has 2 nitrogen and oxygen atoms in total. The normalized spacial score (nSPS) is 10.7. The van der Waals surface area contributed by atoms with Crippen molar-refractivity contribution in [2.24, 2.45) is 0 Å². The van der Waals surface area contributed by atoms with E-state index in [-0.39, 0.29) is 0 Å². The Hall–Kier alpha value is -1.28. The molecule has 1 aromatic carbocycles. The van der Waals surface area contributed by atoms with Crippen LogP contribution in [0, 0.1) is 13.8 Å². The summed E-state index contributed by atoms with van der Waals surface area (Å²) < 4.78 is 0. The largest absolute Gasteiger partial charge is 0.373 e. The Morgan fingerprint density at radius 1 is 1.20 bits per heavy atom. The molecule has 0 saturated carbocycles. The van der Waals surface area contributed by atoms with E-state index < -0.39 is 0 Å². The average Bonchev–Trinajstić information content (AvgIpc) is 2.16. The monoisotopic (exact) mass is 220 g/mol. The molecule has 1 heterocycles. The zero-order valence-corrected chi connectivity index (χ0v) is 9.81. The van der Waals surface area contributed by atoms with Crippen molar-refractivity contribution < 1.29 is 0 Å². The Balaban J connectivity index is 2.81. The highest BCUT2D eigenvalue weighted by Crippen LogP contribution is 2.26. The zero-order valence-electron chi connectivity index (χ0n) is 9.06. The van der Waals surface area contributed by atoms with E-state index in [0.717, 1.165) is 27.8 Å². The van der Waals surface area contributed by atoms with Crippen molar-refractivity contribution in [1.82, 2.24) is 4.98 Å². The second-order valence-corrected chi connectivity index (χ2v) is 4.13. The number of fused-ring (bicyclic) bond motifs is 1. The summed E-state index contributed by atoms with van der Waals surface area (Å²) >= 11 is 6.15. The minimum Gasteiger partial charge on any atom is -0.373 e. The SMILES string of the molecule is CNc1nc2c(Cl)cc(C)cc2cc1C. The molecule has 0 fully saturated rings. The summed E-state index contributed by atoms with van der Waals surface area (Å²) in [6.07, 6.45) is 0. The molecule has 2 rings (SSSR count). The number of pyridine rings is 1. The van der Waals surface area contributed by atoms with Crippen LogP contribution in [0.3, 0.4) is 0 Å². The predicted molar refractivity (Wildman–Crippen MR) is 65.8 cm³/mol. The van der Waals surface area contributed by atoms with Gasteiger partial charge in [0, 0.05) is 12.4 Å². The number of benzene rings is 1. The lowest BCUT2D eigenvalue weighted by Crippen LogP contribution is -1.96. The van der Waals surface area contributed by atoms with Crippen molar-refractivity contribution in [2.45, 2.75) is 13.8 Å². The summed E-state index contributed by atoms with van der Waals surface area (Å²) in [6.45, 7) is 4.07. The van der Waals surface area contributed by atoms with Crippen molar-refractivity contribution in [3.05, 3.63) is 34.3 Å². The molecule has 3 heteroatoms. The Morgan fingerprint density at radius 3 is 2.60 bits per heavy atom. The van der Waals surface area contributed by atoms with Crippen molar-refractivity contribution in [3.63, 3.8) is 0 Å². The number of rotatable bonds is 1. The van der Waals surface area contributed by atoms with E-state index in [9.17, 15) is 0 Å². The van der Waals surface area contributed by atoms with Gasteiger partial charge in [0.1, 0.15) is 5.82 Å². The molecule has 0 saturated heterocycles. The Labute approximate surface area is 94.3 Å². The summed E-state index contributed by atoms with van der Waals surface area (Å²) in [5, 5.41) is 4.86. The van der Waals surface area contributed by atoms with Gasteiger partial charge in [0.15, 0.2) is 0 Å². The summed E-state index contributed by atoms with van der Waals surface area (Å²) in [5.74, 6) is 0.883. The van der Waals surface area contributed by atoms with Crippen LogP contribution in [0.2, 0.25) is 5.02 Å². The molecule has 0 atom stereocenters. The molecular formula is C12H13ClN2. The fraction of sp³-hybridized carbons (Fsp3) is 0.250. The topological polar surface area (TPSA) is 24.9 Å². The molecule has 0 unspecified atom stereocenters. The van der Waals surface area contributed by atoms with E-state index in [1.807, 2.05) is 27.0 Å². The highest BCUT2D eigenvalue weighted by atomic mass is 35.5. The molecule has 0 bridgehead atoms. The van der Waals surface area contributed by atoms with Gasteiger partial charge < -0.3 is 5.32 Å². The van der Waals surface area contributed by atoms with Crippen molar-refractivity contribution in [1.29, 1.82) is 0 Å². The van der Waals surface area contributed by atoms with Crippen LogP contribution in [-0.4, -0.2) is 12.0 Å². The second-order valence-electron chi connectivity index (χ2n) is 3.72. The number of nitrogens with one attached hydrogen (secondary N) is 1. The van der Waals surface area contributed by atoms with E-state index in [1.165, 1.54) is 0 Å². The Morgan fingerprint density at radius 2 is 1.93 bits per heavy atom. The highest BCUT2D eigenvalue weighted by Gasteiger charge is 2.05. The average molecular weight is 221 g/mol. The van der Waals surface area contributed by atoms with Crippen molar-refractivity contribution in [2.75, 3.05) is 12.4 Å². The third kappa shape index (κ3) is 1.77. The molecule has 0 aliphatic carbocycles. The molecule has 15 heavy (non-hydrogen) atoms. The minimum atomic E-state index is 0.710. The van der Waals surface area contributed by atoms with Crippen molar-refractivity contribution in [3.8, 4) is 0 Å². The number of hydrogen-bond acceptors (Lipinski definition) is 2. The van der Waals surface area contributed by atoms with Gasteiger partial charge in [-0.05, 0) is 43.2 Å². The molecule has 1 N–H and O–H groups in total. The molecule has 0 amide bonds. The van der Waals surface area contributed by atoms with Gasteiger partial charge in [-0.1, -0.05) is 11.6 Å². The molecular weight excluding hydrogens is 208 g/mol. The van der Waals surface area contributed by atoms with Crippen molar-refractivity contribution >= 4 is 28.3 Å². The molecule has 0 spiro atoms. The first-order valence-electron chi connectivity index (χ1n) is 4.87. The van der Waals surface area contributed by atoms with Gasteiger partial charge in [-0.2, -0.15) is 0 Å². The number of aryl methyl sites for hydroxylation is 2. The van der Waals surface area contributed by atoms with E-state index in [0.29, 0.717) is 5.02 Å².